The summed E-state index contributed by atoms with van der Waals surface area (Å²) in [7, 11) is 0. The molecular formula is C17H13F3N4O2. The second kappa shape index (κ2) is 5.72. The van der Waals surface area contributed by atoms with Gasteiger partial charge in [0, 0.05) is 17.7 Å². The third-order valence-corrected chi connectivity index (χ3v) is 4.37. The molecule has 26 heavy (non-hydrogen) atoms. The minimum Gasteiger partial charge on any atom is -0.360 e. The number of benzene rings is 1. The number of amides is 1. The minimum atomic E-state index is -4.42. The van der Waals surface area contributed by atoms with Gasteiger partial charge in [-0.1, -0.05) is 17.3 Å². The highest BCUT2D eigenvalue weighted by Gasteiger charge is 2.32. The van der Waals surface area contributed by atoms with Crippen LogP contribution in [0.1, 0.15) is 32.9 Å². The Kier molecular flexibility index (Phi) is 3.60. The smallest absolute Gasteiger partial charge is 0.360 e. The van der Waals surface area contributed by atoms with Crippen molar-refractivity contribution in [3.63, 3.8) is 0 Å². The summed E-state index contributed by atoms with van der Waals surface area (Å²) in [5.74, 6) is 0.0295. The maximum atomic E-state index is 12.9. The molecule has 6 nitrogen and oxygen atoms in total. The SMILES string of the molecule is Cc1onc(-c2ccc(C(F)(F)F)cc2)c1C(=O)N1Cc2cn[nH]c2C1. The van der Waals surface area contributed by atoms with E-state index < -0.39 is 11.7 Å². The number of aromatic nitrogens is 3. The summed E-state index contributed by atoms with van der Waals surface area (Å²) in [6.45, 7) is 2.39. The average molecular weight is 362 g/mol. The predicted molar refractivity (Wildman–Crippen MR) is 83.8 cm³/mol. The number of nitrogens with zero attached hydrogens (tertiary/aromatic N) is 3. The maximum absolute atomic E-state index is 12.9. The number of aromatic amines is 1. The van der Waals surface area contributed by atoms with E-state index in [1.54, 1.807) is 18.0 Å². The number of carbonyl (C=O) groups is 1. The quantitative estimate of drug-likeness (QED) is 0.757. The van der Waals surface area contributed by atoms with E-state index in [0.29, 0.717) is 24.4 Å². The van der Waals surface area contributed by atoms with E-state index in [1.807, 2.05) is 0 Å². The molecule has 1 N–H and O–H groups in total. The van der Waals surface area contributed by atoms with Crippen LogP contribution < -0.4 is 0 Å². The van der Waals surface area contributed by atoms with Crippen LogP contribution in [-0.4, -0.2) is 26.2 Å². The van der Waals surface area contributed by atoms with Crippen LogP contribution in [0.3, 0.4) is 0 Å². The van der Waals surface area contributed by atoms with Crippen LogP contribution in [0.4, 0.5) is 13.2 Å². The lowest BCUT2D eigenvalue weighted by Gasteiger charge is -2.15. The number of hydrogen-bond donors (Lipinski definition) is 1. The molecule has 4 rings (SSSR count). The largest absolute Gasteiger partial charge is 0.416 e. The fourth-order valence-corrected chi connectivity index (χ4v) is 3.00. The molecule has 0 bridgehead atoms. The predicted octanol–water partition coefficient (Wildman–Crippen LogP) is 3.55. The molecule has 9 heteroatoms. The fourth-order valence-electron chi connectivity index (χ4n) is 3.00. The topological polar surface area (TPSA) is 75.0 Å². The highest BCUT2D eigenvalue weighted by molar-refractivity contribution is 6.01. The van der Waals surface area contributed by atoms with E-state index >= 15 is 0 Å². The Morgan fingerprint density at radius 3 is 2.62 bits per heavy atom. The average Bonchev–Trinajstić information content (AvgIpc) is 3.27. The van der Waals surface area contributed by atoms with Gasteiger partial charge in [-0.25, -0.2) is 0 Å². The van der Waals surface area contributed by atoms with Crippen LogP contribution in [0.25, 0.3) is 11.3 Å². The van der Waals surface area contributed by atoms with Crippen LogP contribution >= 0.6 is 0 Å². The number of hydrogen-bond acceptors (Lipinski definition) is 4. The van der Waals surface area contributed by atoms with Gasteiger partial charge in [-0.2, -0.15) is 18.3 Å². The monoisotopic (exact) mass is 362 g/mol. The van der Waals surface area contributed by atoms with Crippen molar-refractivity contribution in [1.82, 2.24) is 20.3 Å². The van der Waals surface area contributed by atoms with E-state index in [0.717, 1.165) is 23.4 Å². The van der Waals surface area contributed by atoms with Crippen molar-refractivity contribution < 1.29 is 22.5 Å². The van der Waals surface area contributed by atoms with Gasteiger partial charge in [-0.3, -0.25) is 9.89 Å². The Bertz CT molecular complexity index is 952. The molecule has 0 aliphatic carbocycles. The van der Waals surface area contributed by atoms with Crippen molar-refractivity contribution in [3.05, 3.63) is 58.6 Å². The third-order valence-electron chi connectivity index (χ3n) is 4.37. The second-order valence-corrected chi connectivity index (χ2v) is 6.07. The third kappa shape index (κ3) is 2.65. The van der Waals surface area contributed by atoms with Gasteiger partial charge < -0.3 is 9.42 Å². The van der Waals surface area contributed by atoms with Gasteiger partial charge in [0.15, 0.2) is 0 Å². The highest BCUT2D eigenvalue weighted by Crippen LogP contribution is 2.33. The van der Waals surface area contributed by atoms with E-state index in [4.69, 9.17) is 4.52 Å². The number of rotatable bonds is 2. The van der Waals surface area contributed by atoms with Gasteiger partial charge >= 0.3 is 6.18 Å². The number of aryl methyl sites for hydroxylation is 1. The Balaban J connectivity index is 1.66. The molecule has 3 heterocycles. The first-order valence-electron chi connectivity index (χ1n) is 7.79. The molecule has 3 aromatic rings. The van der Waals surface area contributed by atoms with Crippen molar-refractivity contribution in [1.29, 1.82) is 0 Å². The lowest BCUT2D eigenvalue weighted by atomic mass is 10.0. The lowest BCUT2D eigenvalue weighted by Crippen LogP contribution is -2.26. The van der Waals surface area contributed by atoms with Crippen LogP contribution in [0.2, 0.25) is 0 Å². The number of H-pyrrole nitrogens is 1. The molecule has 0 unspecified atom stereocenters. The summed E-state index contributed by atoms with van der Waals surface area (Å²) in [5, 5.41) is 10.6. The highest BCUT2D eigenvalue weighted by atomic mass is 19.4. The molecule has 0 fully saturated rings. The molecule has 0 atom stereocenters. The first kappa shape index (κ1) is 16.4. The zero-order valence-electron chi connectivity index (χ0n) is 13.6. The number of fused-ring (bicyclic) bond motifs is 1. The summed E-state index contributed by atoms with van der Waals surface area (Å²) in [4.78, 5) is 14.5. The molecule has 1 aromatic carbocycles. The molecular weight excluding hydrogens is 349 g/mol. The molecule has 1 amide bonds. The summed E-state index contributed by atoms with van der Waals surface area (Å²) in [5.41, 5.74) is 1.90. The van der Waals surface area contributed by atoms with Gasteiger partial charge in [0.05, 0.1) is 24.0 Å². The zero-order chi connectivity index (χ0) is 18.5. The van der Waals surface area contributed by atoms with Crippen molar-refractivity contribution in [3.8, 4) is 11.3 Å². The lowest BCUT2D eigenvalue weighted by molar-refractivity contribution is -0.137. The van der Waals surface area contributed by atoms with Crippen LogP contribution in [0.5, 0.6) is 0 Å². The second-order valence-electron chi connectivity index (χ2n) is 6.07. The van der Waals surface area contributed by atoms with Gasteiger partial charge in [0.1, 0.15) is 17.0 Å². The summed E-state index contributed by atoms with van der Waals surface area (Å²) >= 11 is 0. The Morgan fingerprint density at radius 2 is 1.96 bits per heavy atom. The van der Waals surface area contributed by atoms with Crippen LogP contribution in [-0.2, 0) is 19.3 Å². The van der Waals surface area contributed by atoms with Crippen molar-refractivity contribution in [2.24, 2.45) is 0 Å². The molecule has 0 saturated heterocycles. The van der Waals surface area contributed by atoms with Crippen molar-refractivity contribution in [2.75, 3.05) is 0 Å². The van der Waals surface area contributed by atoms with E-state index in [-0.39, 0.29) is 17.2 Å². The van der Waals surface area contributed by atoms with Crippen molar-refractivity contribution in [2.45, 2.75) is 26.2 Å². The van der Waals surface area contributed by atoms with Gasteiger partial charge in [0.2, 0.25) is 0 Å². The van der Waals surface area contributed by atoms with Gasteiger partial charge in [-0.15, -0.1) is 0 Å². The number of alkyl halides is 3. The minimum absolute atomic E-state index is 0.231. The molecule has 134 valence electrons. The van der Waals surface area contributed by atoms with E-state index in [1.165, 1.54) is 12.1 Å². The standard InChI is InChI=1S/C17H13F3N4O2/c1-9-14(16(25)24-7-11-6-21-22-13(11)8-24)15(23-26-9)10-2-4-12(5-3-10)17(18,19)20/h2-6H,7-8H2,1H3,(H,21,22). The summed E-state index contributed by atoms with van der Waals surface area (Å²) in [6, 6.07) is 4.49. The molecule has 0 radical (unpaired) electrons. The number of nitrogens with one attached hydrogen (secondary N) is 1. The maximum Gasteiger partial charge on any atom is 0.416 e. The Labute approximate surface area is 145 Å². The Morgan fingerprint density at radius 1 is 1.23 bits per heavy atom. The number of halogens is 3. The van der Waals surface area contributed by atoms with E-state index in [2.05, 4.69) is 15.4 Å². The molecule has 2 aromatic heterocycles. The van der Waals surface area contributed by atoms with Gasteiger partial charge in [0.25, 0.3) is 5.91 Å². The van der Waals surface area contributed by atoms with E-state index in [9.17, 15) is 18.0 Å². The van der Waals surface area contributed by atoms with Crippen LogP contribution in [0.15, 0.2) is 35.0 Å². The van der Waals surface area contributed by atoms with Crippen LogP contribution in [0, 0.1) is 6.92 Å². The molecule has 0 spiro atoms. The fraction of sp³-hybridized carbons (Fsp3) is 0.235. The summed E-state index contributed by atoms with van der Waals surface area (Å²) in [6.07, 6.45) is -2.76. The first-order valence-corrected chi connectivity index (χ1v) is 7.79. The Hall–Kier alpha value is -3.10. The van der Waals surface area contributed by atoms with Crippen molar-refractivity contribution >= 4 is 5.91 Å². The normalized spacial score (nSPS) is 13.9. The van der Waals surface area contributed by atoms with Gasteiger partial charge in [-0.05, 0) is 19.1 Å². The summed E-state index contributed by atoms with van der Waals surface area (Å²) < 4.78 is 43.4. The zero-order valence-corrected chi connectivity index (χ0v) is 13.6. The first-order chi connectivity index (χ1) is 12.3. The molecule has 0 saturated carbocycles. The molecule has 1 aliphatic rings. The number of carbonyl (C=O) groups excluding carboxylic acids is 1. The molecule has 1 aliphatic heterocycles.